The molecule has 1 aromatic carbocycles. The molecule has 0 aliphatic carbocycles. The highest BCUT2D eigenvalue weighted by molar-refractivity contribution is 9.10. The number of benzene rings is 1. The molecular weight excluding hydrogens is 287 g/mol. The van der Waals surface area contributed by atoms with Gasteiger partial charge < -0.3 is 9.72 Å². The quantitative estimate of drug-likeness (QED) is 0.938. The molecule has 17 heavy (non-hydrogen) atoms. The van der Waals surface area contributed by atoms with E-state index in [-0.39, 0.29) is 5.82 Å². The van der Waals surface area contributed by atoms with Crippen LogP contribution >= 0.6 is 15.9 Å². The van der Waals surface area contributed by atoms with Gasteiger partial charge in [-0.05, 0) is 35.3 Å². The van der Waals surface area contributed by atoms with E-state index in [9.17, 15) is 4.39 Å². The molecule has 1 atom stereocenters. The van der Waals surface area contributed by atoms with Crippen molar-refractivity contribution in [3.05, 3.63) is 28.2 Å². The van der Waals surface area contributed by atoms with Crippen LogP contribution in [0.25, 0.3) is 11.0 Å². The first-order valence-corrected chi connectivity index (χ1v) is 6.20. The highest BCUT2D eigenvalue weighted by Crippen LogP contribution is 2.29. The summed E-state index contributed by atoms with van der Waals surface area (Å²) in [4.78, 5) is 7.56. The highest BCUT2D eigenvalue weighted by Gasteiger charge is 2.27. The van der Waals surface area contributed by atoms with Gasteiger partial charge >= 0.3 is 0 Å². The number of fused-ring (bicyclic) bond motifs is 1. The molecule has 1 N–H and O–H groups in total. The summed E-state index contributed by atoms with van der Waals surface area (Å²) >= 11 is 3.15. The van der Waals surface area contributed by atoms with E-state index in [2.05, 4.69) is 25.9 Å². The number of hydrogen-bond donors (Lipinski definition) is 1. The average Bonchev–Trinajstić information content (AvgIpc) is 2.72. The van der Waals surface area contributed by atoms with Crippen LogP contribution in [0.5, 0.6) is 0 Å². The van der Waals surface area contributed by atoms with Crippen LogP contribution < -0.4 is 0 Å². The van der Waals surface area contributed by atoms with Gasteiger partial charge in [0.2, 0.25) is 0 Å². The third-order valence-corrected chi connectivity index (χ3v) is 3.76. The molecule has 1 unspecified atom stereocenters. The molecule has 1 aromatic heterocycles. The highest BCUT2D eigenvalue weighted by atomic mass is 79.9. The van der Waals surface area contributed by atoms with Gasteiger partial charge in [-0.2, -0.15) is 0 Å². The Balaban J connectivity index is 2.58. The maximum Gasteiger partial charge on any atom is 0.139 e. The van der Waals surface area contributed by atoms with Crippen LogP contribution in [-0.4, -0.2) is 17.1 Å². The smallest absolute Gasteiger partial charge is 0.139 e. The predicted octanol–water partition coefficient (Wildman–Crippen LogP) is 3.74. The molecule has 0 fully saturated rings. The monoisotopic (exact) mass is 300 g/mol. The molecule has 3 nitrogen and oxygen atoms in total. The van der Waals surface area contributed by atoms with Crippen LogP contribution in [0.1, 0.15) is 26.1 Å². The standard InChI is InChI=1S/C12H14BrFN2O/c1-4-12(2,17-3)11-15-9-5-7(13)8(14)6-10(9)16-11/h5-6H,4H2,1-3H3,(H,15,16). The number of nitrogens with one attached hydrogen (secondary N) is 1. The van der Waals surface area contributed by atoms with Crippen LogP contribution in [0, 0.1) is 5.82 Å². The topological polar surface area (TPSA) is 37.9 Å². The first-order valence-electron chi connectivity index (χ1n) is 5.40. The summed E-state index contributed by atoms with van der Waals surface area (Å²) in [5, 5.41) is 0. The SMILES string of the molecule is CCC(C)(OC)c1nc2cc(Br)c(F)cc2[nH]1. The second kappa shape index (κ2) is 4.38. The third-order valence-electron chi connectivity index (χ3n) is 3.15. The van der Waals surface area contributed by atoms with E-state index in [1.165, 1.54) is 6.07 Å². The Kier molecular flexibility index (Phi) is 3.23. The summed E-state index contributed by atoms with van der Waals surface area (Å²) < 4.78 is 19.3. The zero-order valence-electron chi connectivity index (χ0n) is 9.97. The minimum absolute atomic E-state index is 0.302. The minimum atomic E-state index is -0.470. The molecule has 0 aliphatic heterocycles. The Morgan fingerprint density at radius 3 is 2.82 bits per heavy atom. The Morgan fingerprint density at radius 2 is 2.24 bits per heavy atom. The molecule has 2 rings (SSSR count). The van der Waals surface area contributed by atoms with E-state index < -0.39 is 5.60 Å². The summed E-state index contributed by atoms with van der Waals surface area (Å²) in [7, 11) is 1.65. The van der Waals surface area contributed by atoms with Gasteiger partial charge in [0.05, 0.1) is 15.5 Å². The fraction of sp³-hybridized carbons (Fsp3) is 0.417. The second-order valence-electron chi connectivity index (χ2n) is 4.16. The zero-order chi connectivity index (χ0) is 12.6. The molecule has 2 aromatic rings. The Morgan fingerprint density at radius 1 is 1.53 bits per heavy atom. The number of imidazole rings is 1. The molecule has 92 valence electrons. The van der Waals surface area contributed by atoms with Gasteiger partial charge in [-0.3, -0.25) is 0 Å². The summed E-state index contributed by atoms with van der Waals surface area (Å²) in [5.41, 5.74) is 0.935. The van der Waals surface area contributed by atoms with Crippen molar-refractivity contribution in [3.8, 4) is 0 Å². The van der Waals surface area contributed by atoms with Crippen molar-refractivity contribution in [1.29, 1.82) is 0 Å². The van der Waals surface area contributed by atoms with Crippen LogP contribution in [0.4, 0.5) is 4.39 Å². The van der Waals surface area contributed by atoms with E-state index in [1.807, 2.05) is 13.8 Å². The van der Waals surface area contributed by atoms with Gasteiger partial charge in [0, 0.05) is 13.2 Å². The molecule has 0 saturated carbocycles. The van der Waals surface area contributed by atoms with Gasteiger partial charge in [0.15, 0.2) is 0 Å². The molecule has 0 radical (unpaired) electrons. The van der Waals surface area contributed by atoms with Gasteiger partial charge in [0.25, 0.3) is 0 Å². The van der Waals surface area contributed by atoms with Crippen LogP contribution in [0.15, 0.2) is 16.6 Å². The van der Waals surface area contributed by atoms with E-state index >= 15 is 0 Å². The summed E-state index contributed by atoms with van der Waals surface area (Å²) in [5.74, 6) is 0.415. The van der Waals surface area contributed by atoms with Crippen molar-refractivity contribution >= 4 is 27.0 Å². The van der Waals surface area contributed by atoms with E-state index in [0.29, 0.717) is 9.99 Å². The fourth-order valence-corrected chi connectivity index (χ4v) is 2.00. The number of H-pyrrole nitrogens is 1. The maximum atomic E-state index is 13.4. The molecule has 0 saturated heterocycles. The summed E-state index contributed by atoms with van der Waals surface area (Å²) in [6.45, 7) is 3.98. The number of rotatable bonds is 3. The van der Waals surface area contributed by atoms with Crippen molar-refractivity contribution in [2.24, 2.45) is 0 Å². The van der Waals surface area contributed by atoms with E-state index in [1.54, 1.807) is 13.2 Å². The van der Waals surface area contributed by atoms with Crippen molar-refractivity contribution in [2.45, 2.75) is 25.9 Å². The molecule has 0 spiro atoms. The predicted molar refractivity (Wildman–Crippen MR) is 68.4 cm³/mol. The van der Waals surface area contributed by atoms with Crippen molar-refractivity contribution < 1.29 is 9.13 Å². The van der Waals surface area contributed by atoms with Gasteiger partial charge in [-0.15, -0.1) is 0 Å². The molecule has 0 amide bonds. The number of halogens is 2. The summed E-state index contributed by atoms with van der Waals surface area (Å²) in [6.07, 6.45) is 0.785. The third kappa shape index (κ3) is 2.09. The number of methoxy groups -OCH3 is 1. The number of nitrogens with zero attached hydrogens (tertiary/aromatic N) is 1. The Hall–Kier alpha value is -0.940. The average molecular weight is 301 g/mol. The largest absolute Gasteiger partial charge is 0.371 e. The van der Waals surface area contributed by atoms with Crippen molar-refractivity contribution in [1.82, 2.24) is 9.97 Å². The van der Waals surface area contributed by atoms with Crippen molar-refractivity contribution in [3.63, 3.8) is 0 Å². The van der Waals surface area contributed by atoms with E-state index in [0.717, 1.165) is 17.8 Å². The zero-order valence-corrected chi connectivity index (χ0v) is 11.6. The second-order valence-corrected chi connectivity index (χ2v) is 5.01. The van der Waals surface area contributed by atoms with Gasteiger partial charge in [-0.1, -0.05) is 6.92 Å². The maximum absolute atomic E-state index is 13.4. The lowest BCUT2D eigenvalue weighted by atomic mass is 10.0. The lowest BCUT2D eigenvalue weighted by Gasteiger charge is -2.23. The number of ether oxygens (including phenoxy) is 1. The first-order chi connectivity index (χ1) is 8.00. The van der Waals surface area contributed by atoms with Crippen LogP contribution in [0.2, 0.25) is 0 Å². The van der Waals surface area contributed by atoms with E-state index in [4.69, 9.17) is 4.74 Å². The normalized spacial score (nSPS) is 15.1. The molecule has 1 heterocycles. The number of aromatic nitrogens is 2. The lowest BCUT2D eigenvalue weighted by Crippen LogP contribution is -2.24. The van der Waals surface area contributed by atoms with Gasteiger partial charge in [0.1, 0.15) is 17.2 Å². The van der Waals surface area contributed by atoms with Crippen molar-refractivity contribution in [2.75, 3.05) is 7.11 Å². The first kappa shape index (κ1) is 12.5. The summed E-state index contributed by atoms with van der Waals surface area (Å²) in [6, 6.07) is 3.10. The number of hydrogen-bond acceptors (Lipinski definition) is 2. The molecule has 0 aliphatic rings. The fourth-order valence-electron chi connectivity index (χ4n) is 1.66. The number of aromatic amines is 1. The minimum Gasteiger partial charge on any atom is -0.371 e. The van der Waals surface area contributed by atoms with Gasteiger partial charge in [-0.25, -0.2) is 9.37 Å². The lowest BCUT2D eigenvalue weighted by molar-refractivity contribution is -0.00803. The molecular formula is C12H14BrFN2O. The van der Waals surface area contributed by atoms with Crippen LogP contribution in [0.3, 0.4) is 0 Å². The molecule has 5 heteroatoms. The molecule has 0 bridgehead atoms. The van der Waals surface area contributed by atoms with Crippen LogP contribution in [-0.2, 0) is 10.3 Å². The Bertz CT molecular complexity index is 510. The Labute approximate surface area is 108 Å².